The first-order valence-electron chi connectivity index (χ1n) is 6.33. The van der Waals surface area contributed by atoms with Crippen LogP contribution in [0.4, 0.5) is 0 Å². The molecule has 0 atom stereocenters. The molecule has 1 amide bonds. The molecule has 3 rings (SSSR count). The minimum Gasteiger partial charge on any atom is -0.493 e. The van der Waals surface area contributed by atoms with Crippen LogP contribution >= 0.6 is 0 Å². The molecular formula is C13H13N5O4. The minimum absolute atomic E-state index is 0.296. The van der Waals surface area contributed by atoms with Gasteiger partial charge in [0.1, 0.15) is 12.9 Å². The monoisotopic (exact) mass is 303 g/mol. The Bertz CT molecular complexity index is 943. The number of ether oxygens (including phenoxy) is 2. The lowest BCUT2D eigenvalue weighted by atomic mass is 10.2. The van der Waals surface area contributed by atoms with Crippen molar-refractivity contribution >= 4 is 22.5 Å². The number of nitrogens with two attached hydrogens (primary N) is 1. The molecular weight excluding hydrogens is 290 g/mol. The molecule has 0 saturated heterocycles. The van der Waals surface area contributed by atoms with Crippen molar-refractivity contribution in [3.63, 3.8) is 0 Å². The van der Waals surface area contributed by atoms with Crippen LogP contribution in [0.15, 0.2) is 23.3 Å². The minimum atomic E-state index is -0.651. The lowest BCUT2D eigenvalue weighted by Gasteiger charge is -2.08. The molecule has 9 nitrogen and oxygen atoms in total. The standard InChI is InChI=1S/C13H13N5O4/c1-21-9-3-7-8(4-10(9)22-2)15-6-17-12(7)16-18(13(17)20)5-11(14)19/h3-4,6H,5H2,1-2H3,(H2,14,19). The number of methoxy groups -OCH3 is 2. The Balaban J connectivity index is 2.34. The highest BCUT2D eigenvalue weighted by Crippen LogP contribution is 2.32. The third kappa shape index (κ3) is 2.03. The molecule has 0 unspecified atom stereocenters. The third-order valence-electron chi connectivity index (χ3n) is 3.23. The topological polar surface area (TPSA) is 114 Å². The molecule has 2 aromatic heterocycles. The van der Waals surface area contributed by atoms with Crippen molar-refractivity contribution in [2.45, 2.75) is 6.54 Å². The third-order valence-corrected chi connectivity index (χ3v) is 3.23. The van der Waals surface area contributed by atoms with Gasteiger partial charge in [0.05, 0.1) is 19.7 Å². The number of hydrogen-bond acceptors (Lipinski definition) is 6. The molecule has 1 aromatic carbocycles. The van der Waals surface area contributed by atoms with E-state index in [2.05, 4.69) is 10.1 Å². The summed E-state index contributed by atoms with van der Waals surface area (Å²) in [5.74, 6) is 0.356. The fraction of sp³-hybridized carbons (Fsp3) is 0.231. The molecule has 0 bridgehead atoms. The van der Waals surface area contributed by atoms with Crippen LogP contribution in [0.1, 0.15) is 0 Å². The number of amides is 1. The summed E-state index contributed by atoms with van der Waals surface area (Å²) in [5, 5.41) is 4.74. The van der Waals surface area contributed by atoms with E-state index in [-0.39, 0.29) is 6.54 Å². The summed E-state index contributed by atoms with van der Waals surface area (Å²) in [6.45, 7) is -0.296. The molecule has 2 heterocycles. The Morgan fingerprint density at radius 1 is 1.27 bits per heavy atom. The fourth-order valence-corrected chi connectivity index (χ4v) is 2.23. The van der Waals surface area contributed by atoms with Gasteiger partial charge < -0.3 is 15.2 Å². The predicted octanol–water partition coefficient (Wildman–Crippen LogP) is -0.453. The molecule has 114 valence electrons. The Labute approximate surface area is 123 Å². The smallest absolute Gasteiger partial charge is 0.352 e. The van der Waals surface area contributed by atoms with E-state index in [1.807, 2.05) is 0 Å². The van der Waals surface area contributed by atoms with E-state index in [0.717, 1.165) is 4.68 Å². The molecule has 0 fully saturated rings. The predicted molar refractivity (Wildman–Crippen MR) is 77.1 cm³/mol. The SMILES string of the molecule is COc1cc2ncn3c(=O)n(CC(N)=O)nc3c2cc1OC. The zero-order valence-corrected chi connectivity index (χ0v) is 11.9. The quantitative estimate of drug-likeness (QED) is 0.698. The van der Waals surface area contributed by atoms with E-state index in [1.54, 1.807) is 12.1 Å². The van der Waals surface area contributed by atoms with Crippen LogP contribution in [0.25, 0.3) is 16.6 Å². The summed E-state index contributed by atoms with van der Waals surface area (Å²) in [4.78, 5) is 27.4. The molecule has 0 saturated carbocycles. The Kier molecular flexibility index (Phi) is 3.17. The highest BCUT2D eigenvalue weighted by Gasteiger charge is 2.15. The second-order valence-electron chi connectivity index (χ2n) is 4.57. The average Bonchev–Trinajstić information content (AvgIpc) is 2.82. The Morgan fingerprint density at radius 3 is 2.59 bits per heavy atom. The van der Waals surface area contributed by atoms with Gasteiger partial charge in [-0.25, -0.2) is 18.9 Å². The summed E-state index contributed by atoms with van der Waals surface area (Å²) in [6.07, 6.45) is 1.34. The van der Waals surface area contributed by atoms with Gasteiger partial charge in [-0.2, -0.15) is 0 Å². The van der Waals surface area contributed by atoms with Gasteiger partial charge in [0, 0.05) is 11.5 Å². The maximum absolute atomic E-state index is 12.1. The molecule has 2 N–H and O–H groups in total. The summed E-state index contributed by atoms with van der Waals surface area (Å²) < 4.78 is 12.7. The Hall–Kier alpha value is -3.10. The zero-order valence-electron chi connectivity index (χ0n) is 11.9. The molecule has 0 aliphatic carbocycles. The highest BCUT2D eigenvalue weighted by atomic mass is 16.5. The lowest BCUT2D eigenvalue weighted by molar-refractivity contribution is -0.118. The van der Waals surface area contributed by atoms with Crippen molar-refractivity contribution in [3.05, 3.63) is 28.9 Å². The van der Waals surface area contributed by atoms with Gasteiger partial charge in [-0.1, -0.05) is 0 Å². The zero-order chi connectivity index (χ0) is 15.9. The summed E-state index contributed by atoms with van der Waals surface area (Å²) in [6, 6.07) is 3.36. The molecule has 0 aliphatic heterocycles. The number of nitrogens with zero attached hydrogens (tertiary/aromatic N) is 4. The van der Waals surface area contributed by atoms with Gasteiger partial charge in [-0.3, -0.25) is 4.79 Å². The second kappa shape index (κ2) is 5.02. The van der Waals surface area contributed by atoms with Crippen molar-refractivity contribution < 1.29 is 14.3 Å². The first-order chi connectivity index (χ1) is 10.5. The maximum Gasteiger partial charge on any atom is 0.352 e. The summed E-state index contributed by atoms with van der Waals surface area (Å²) >= 11 is 0. The fourth-order valence-electron chi connectivity index (χ4n) is 2.23. The van der Waals surface area contributed by atoms with Crippen LogP contribution in [-0.4, -0.2) is 39.3 Å². The molecule has 0 spiro atoms. The second-order valence-corrected chi connectivity index (χ2v) is 4.57. The van der Waals surface area contributed by atoms with Gasteiger partial charge in [-0.05, 0) is 6.07 Å². The number of fused-ring (bicyclic) bond motifs is 3. The van der Waals surface area contributed by atoms with Crippen LogP contribution in [0, 0.1) is 0 Å². The van der Waals surface area contributed by atoms with Gasteiger partial charge >= 0.3 is 5.69 Å². The van der Waals surface area contributed by atoms with Crippen molar-refractivity contribution in [1.29, 1.82) is 0 Å². The number of carbonyl (C=O) groups excluding carboxylic acids is 1. The molecule has 0 radical (unpaired) electrons. The summed E-state index contributed by atoms with van der Waals surface area (Å²) in [7, 11) is 3.03. The van der Waals surface area contributed by atoms with Crippen LogP contribution < -0.4 is 20.9 Å². The van der Waals surface area contributed by atoms with Gasteiger partial charge in [0.25, 0.3) is 0 Å². The molecule has 9 heteroatoms. The largest absolute Gasteiger partial charge is 0.493 e. The van der Waals surface area contributed by atoms with Crippen LogP contribution in [-0.2, 0) is 11.3 Å². The van der Waals surface area contributed by atoms with E-state index >= 15 is 0 Å². The number of aromatic nitrogens is 4. The van der Waals surface area contributed by atoms with E-state index < -0.39 is 11.6 Å². The van der Waals surface area contributed by atoms with Crippen LogP contribution in [0.2, 0.25) is 0 Å². The number of rotatable bonds is 4. The lowest BCUT2D eigenvalue weighted by Crippen LogP contribution is -2.28. The van der Waals surface area contributed by atoms with Crippen molar-refractivity contribution in [2.24, 2.45) is 5.73 Å². The van der Waals surface area contributed by atoms with Crippen molar-refractivity contribution in [3.8, 4) is 11.5 Å². The van der Waals surface area contributed by atoms with Gasteiger partial charge in [0.2, 0.25) is 5.91 Å². The van der Waals surface area contributed by atoms with E-state index in [1.165, 1.54) is 24.9 Å². The highest BCUT2D eigenvalue weighted by molar-refractivity contribution is 5.93. The van der Waals surface area contributed by atoms with Gasteiger partial charge in [0.15, 0.2) is 17.1 Å². The maximum atomic E-state index is 12.1. The molecule has 3 aromatic rings. The number of benzene rings is 1. The van der Waals surface area contributed by atoms with E-state index in [0.29, 0.717) is 28.0 Å². The van der Waals surface area contributed by atoms with Crippen molar-refractivity contribution in [1.82, 2.24) is 19.2 Å². The van der Waals surface area contributed by atoms with Crippen LogP contribution in [0.3, 0.4) is 0 Å². The number of primary amides is 1. The average molecular weight is 303 g/mol. The Morgan fingerprint density at radius 2 is 1.95 bits per heavy atom. The summed E-state index contributed by atoms with van der Waals surface area (Å²) in [5.41, 5.74) is 5.57. The van der Waals surface area contributed by atoms with Gasteiger partial charge in [-0.15, -0.1) is 5.10 Å². The van der Waals surface area contributed by atoms with E-state index in [4.69, 9.17) is 15.2 Å². The molecule has 22 heavy (non-hydrogen) atoms. The molecule has 0 aliphatic rings. The van der Waals surface area contributed by atoms with Crippen molar-refractivity contribution in [2.75, 3.05) is 14.2 Å². The first-order valence-corrected chi connectivity index (χ1v) is 6.33. The number of hydrogen-bond donors (Lipinski definition) is 1. The van der Waals surface area contributed by atoms with E-state index in [9.17, 15) is 9.59 Å². The first kappa shape index (κ1) is 13.9. The number of carbonyl (C=O) groups is 1. The normalized spacial score (nSPS) is 11.0. The van der Waals surface area contributed by atoms with Crippen LogP contribution in [0.5, 0.6) is 11.5 Å².